The number of imidazole rings is 1. The number of tetrazole rings is 1. The summed E-state index contributed by atoms with van der Waals surface area (Å²) in [4.78, 5) is 26.7. The second-order valence-electron chi connectivity index (χ2n) is 9.97. The Balaban J connectivity index is 1.41. The summed E-state index contributed by atoms with van der Waals surface area (Å²) in [5.41, 5.74) is 4.68. The highest BCUT2D eigenvalue weighted by Gasteiger charge is 2.25. The molecule has 1 saturated carbocycles. The summed E-state index contributed by atoms with van der Waals surface area (Å²) < 4.78 is 3.19. The van der Waals surface area contributed by atoms with Crippen LogP contribution in [0.15, 0.2) is 59.5 Å². The summed E-state index contributed by atoms with van der Waals surface area (Å²) in [6.45, 7) is 2.61. The lowest BCUT2D eigenvalue weighted by Gasteiger charge is -2.19. The minimum Gasteiger partial charge on any atom is -0.292 e. The minimum atomic E-state index is -0.214. The van der Waals surface area contributed by atoms with Gasteiger partial charge in [0.2, 0.25) is 11.7 Å². The van der Waals surface area contributed by atoms with E-state index in [1.807, 2.05) is 42.6 Å². The normalized spacial score (nSPS) is 14.2. The van der Waals surface area contributed by atoms with Gasteiger partial charge in [0.1, 0.15) is 0 Å². The van der Waals surface area contributed by atoms with Gasteiger partial charge in [0.05, 0.1) is 6.54 Å². The van der Waals surface area contributed by atoms with Crippen molar-refractivity contribution in [2.75, 3.05) is 0 Å². The van der Waals surface area contributed by atoms with Crippen LogP contribution in [-0.4, -0.2) is 35.7 Å². The number of aromatic nitrogens is 6. The first-order chi connectivity index (χ1) is 18.2. The standard InChI is InChI=1S/C29H34N6O2/c1-2-3-5-12-24-20-35(28(36)23-10-6-4-7-11-23)29(37)34(24)19-21-15-17-22(18-16-21)25-13-8-9-14-26(25)27-30-32-33-31-27/h8-9,13-18,20,23H,2-7,10-12,19H2,1H3,(H,30,31,32,33). The number of unbranched alkanes of at least 4 members (excludes halogenated alkanes) is 2. The highest BCUT2D eigenvalue weighted by atomic mass is 16.2. The molecule has 0 bridgehead atoms. The molecule has 0 aliphatic heterocycles. The maximum Gasteiger partial charge on any atom is 0.335 e. The molecule has 1 fully saturated rings. The van der Waals surface area contributed by atoms with Crippen LogP contribution in [0, 0.1) is 5.92 Å². The summed E-state index contributed by atoms with van der Waals surface area (Å²) in [6.07, 6.45) is 10.9. The van der Waals surface area contributed by atoms with Crippen LogP contribution < -0.4 is 5.69 Å². The topological polar surface area (TPSA) is 98.5 Å². The second-order valence-corrected chi connectivity index (χ2v) is 9.97. The van der Waals surface area contributed by atoms with Gasteiger partial charge in [0.25, 0.3) is 0 Å². The Morgan fingerprint density at radius 3 is 2.46 bits per heavy atom. The highest BCUT2D eigenvalue weighted by Crippen LogP contribution is 2.30. The van der Waals surface area contributed by atoms with Crippen molar-refractivity contribution in [3.05, 3.63) is 76.5 Å². The maximum atomic E-state index is 13.5. The second kappa shape index (κ2) is 11.5. The molecular weight excluding hydrogens is 464 g/mol. The molecule has 0 atom stereocenters. The van der Waals surface area contributed by atoms with E-state index in [2.05, 4.69) is 39.7 Å². The molecule has 8 heteroatoms. The summed E-state index contributed by atoms with van der Waals surface area (Å²) in [5, 5.41) is 14.5. The molecular formula is C29H34N6O2. The Bertz CT molecular complexity index is 1380. The minimum absolute atomic E-state index is 0.0337. The molecule has 2 aromatic heterocycles. The van der Waals surface area contributed by atoms with E-state index in [0.29, 0.717) is 12.4 Å². The van der Waals surface area contributed by atoms with Gasteiger partial charge in [-0.1, -0.05) is 87.6 Å². The Morgan fingerprint density at radius 1 is 1.00 bits per heavy atom. The molecule has 1 N–H and O–H groups in total. The number of hydrogen-bond acceptors (Lipinski definition) is 5. The smallest absolute Gasteiger partial charge is 0.292 e. The lowest BCUT2D eigenvalue weighted by atomic mass is 9.88. The van der Waals surface area contributed by atoms with Crippen molar-refractivity contribution in [3.8, 4) is 22.5 Å². The van der Waals surface area contributed by atoms with Gasteiger partial charge in [-0.25, -0.2) is 9.36 Å². The summed E-state index contributed by atoms with van der Waals surface area (Å²) >= 11 is 0. The van der Waals surface area contributed by atoms with Crippen molar-refractivity contribution >= 4 is 5.91 Å². The van der Waals surface area contributed by atoms with Crippen molar-refractivity contribution in [2.24, 2.45) is 5.92 Å². The zero-order valence-corrected chi connectivity index (χ0v) is 21.4. The molecule has 0 amide bonds. The average Bonchev–Trinajstić information content (AvgIpc) is 3.59. The third kappa shape index (κ3) is 5.48. The van der Waals surface area contributed by atoms with Crippen molar-refractivity contribution < 1.29 is 4.79 Å². The quantitative estimate of drug-likeness (QED) is 0.307. The van der Waals surface area contributed by atoms with Gasteiger partial charge >= 0.3 is 5.69 Å². The van der Waals surface area contributed by atoms with Gasteiger partial charge in [0.15, 0.2) is 0 Å². The van der Waals surface area contributed by atoms with Crippen LogP contribution in [0.5, 0.6) is 0 Å². The molecule has 37 heavy (non-hydrogen) atoms. The Hall–Kier alpha value is -3.81. The molecule has 0 unspecified atom stereocenters. The van der Waals surface area contributed by atoms with Gasteiger partial charge in [-0.05, 0) is 47.6 Å². The summed E-state index contributed by atoms with van der Waals surface area (Å²) in [6, 6.07) is 16.2. The van der Waals surface area contributed by atoms with E-state index >= 15 is 0 Å². The zero-order chi connectivity index (χ0) is 25.6. The van der Waals surface area contributed by atoms with Crippen LogP contribution >= 0.6 is 0 Å². The van der Waals surface area contributed by atoms with Crippen LogP contribution in [0.25, 0.3) is 22.5 Å². The van der Waals surface area contributed by atoms with Gasteiger partial charge in [-0.3, -0.25) is 9.36 Å². The number of aryl methyl sites for hydroxylation is 1. The first kappa shape index (κ1) is 24.9. The van der Waals surface area contributed by atoms with Crippen molar-refractivity contribution in [1.29, 1.82) is 0 Å². The number of hydrogen-bond donors (Lipinski definition) is 1. The highest BCUT2D eigenvalue weighted by molar-refractivity contribution is 5.81. The molecule has 1 aliphatic carbocycles. The van der Waals surface area contributed by atoms with E-state index in [-0.39, 0.29) is 17.5 Å². The van der Waals surface area contributed by atoms with Crippen LogP contribution in [-0.2, 0) is 13.0 Å². The third-order valence-corrected chi connectivity index (χ3v) is 7.41. The first-order valence-electron chi connectivity index (χ1n) is 13.4. The molecule has 0 radical (unpaired) electrons. The summed E-state index contributed by atoms with van der Waals surface area (Å²) in [7, 11) is 0. The summed E-state index contributed by atoms with van der Waals surface area (Å²) in [5.74, 6) is 0.477. The van der Waals surface area contributed by atoms with E-state index in [9.17, 15) is 9.59 Å². The van der Waals surface area contributed by atoms with Crippen LogP contribution in [0.4, 0.5) is 0 Å². The van der Waals surface area contributed by atoms with Gasteiger partial charge in [-0.15, -0.1) is 10.2 Å². The number of carbonyl (C=O) groups excluding carboxylic acids is 1. The lowest BCUT2D eigenvalue weighted by molar-refractivity contribution is 0.0796. The third-order valence-electron chi connectivity index (χ3n) is 7.41. The predicted molar refractivity (Wildman–Crippen MR) is 143 cm³/mol. The molecule has 0 saturated heterocycles. The molecule has 192 valence electrons. The molecule has 1 aliphatic rings. The van der Waals surface area contributed by atoms with E-state index < -0.39 is 0 Å². The Morgan fingerprint density at radius 2 is 1.76 bits per heavy atom. The SMILES string of the molecule is CCCCCc1cn(C(=O)C2CCCCC2)c(=O)n1Cc1ccc(-c2ccccc2-c2nn[nH]n2)cc1. The predicted octanol–water partition coefficient (Wildman–Crippen LogP) is 5.50. The number of nitrogens with one attached hydrogen (secondary N) is 1. The number of nitrogens with zero attached hydrogens (tertiary/aromatic N) is 5. The first-order valence-corrected chi connectivity index (χ1v) is 13.4. The zero-order valence-electron chi connectivity index (χ0n) is 21.4. The fourth-order valence-electron chi connectivity index (χ4n) is 5.33. The molecule has 8 nitrogen and oxygen atoms in total. The van der Waals surface area contributed by atoms with Crippen LogP contribution in [0.2, 0.25) is 0 Å². The lowest BCUT2D eigenvalue weighted by Crippen LogP contribution is -2.34. The van der Waals surface area contributed by atoms with Crippen molar-refractivity contribution in [2.45, 2.75) is 71.3 Å². The van der Waals surface area contributed by atoms with Gasteiger partial charge < -0.3 is 0 Å². The van der Waals surface area contributed by atoms with E-state index in [1.54, 1.807) is 4.57 Å². The monoisotopic (exact) mass is 498 g/mol. The van der Waals surface area contributed by atoms with Crippen LogP contribution in [0.1, 0.15) is 74.3 Å². The van der Waals surface area contributed by atoms with Gasteiger partial charge in [-0.2, -0.15) is 5.21 Å². The number of aromatic amines is 1. The van der Waals surface area contributed by atoms with E-state index in [4.69, 9.17) is 0 Å². The molecule has 2 heterocycles. The fourth-order valence-corrected chi connectivity index (χ4v) is 5.33. The van der Waals surface area contributed by atoms with Crippen molar-refractivity contribution in [3.63, 3.8) is 0 Å². The van der Waals surface area contributed by atoms with E-state index in [1.165, 1.54) is 11.0 Å². The maximum absolute atomic E-state index is 13.5. The molecule has 4 aromatic rings. The Labute approximate surface area is 216 Å². The Kier molecular flexibility index (Phi) is 7.73. The van der Waals surface area contributed by atoms with Crippen LogP contribution in [0.3, 0.4) is 0 Å². The largest absolute Gasteiger partial charge is 0.335 e. The van der Waals surface area contributed by atoms with E-state index in [0.717, 1.165) is 79.3 Å². The molecule has 0 spiro atoms. The number of H-pyrrole nitrogens is 1. The number of rotatable bonds is 9. The number of carbonyl (C=O) groups is 1. The molecule has 5 rings (SSSR count). The average molecular weight is 499 g/mol. The van der Waals surface area contributed by atoms with Gasteiger partial charge in [0, 0.05) is 23.4 Å². The number of benzene rings is 2. The van der Waals surface area contributed by atoms with Crippen molar-refractivity contribution in [1.82, 2.24) is 29.8 Å². The fraction of sp³-hybridized carbons (Fsp3) is 0.414. The molecule has 2 aromatic carbocycles.